The zero-order valence-corrected chi connectivity index (χ0v) is 10.5. The van der Waals surface area contributed by atoms with E-state index in [1.807, 2.05) is 6.92 Å². The third-order valence-electron chi connectivity index (χ3n) is 2.25. The summed E-state index contributed by atoms with van der Waals surface area (Å²) in [5.41, 5.74) is 0.527. The molecule has 0 aliphatic carbocycles. The van der Waals surface area contributed by atoms with Crippen LogP contribution in [0.2, 0.25) is 5.02 Å². The number of rotatable bonds is 7. The Morgan fingerprint density at radius 1 is 1.62 bits per heavy atom. The quantitative estimate of drug-likeness (QED) is 0.547. The Morgan fingerprint density at radius 3 is 3.00 bits per heavy atom. The van der Waals surface area contributed by atoms with Gasteiger partial charge in [0.05, 0.1) is 11.2 Å². The van der Waals surface area contributed by atoms with E-state index in [2.05, 4.69) is 5.10 Å². The molecule has 1 heterocycles. The first-order valence-electron chi connectivity index (χ1n) is 5.44. The lowest BCUT2D eigenvalue weighted by atomic mass is 10.1. The Balaban J connectivity index is 2.69. The zero-order valence-electron chi connectivity index (χ0n) is 9.70. The lowest BCUT2D eigenvalue weighted by Crippen LogP contribution is -2.11. The maximum atomic E-state index is 11.9. The second kappa shape index (κ2) is 6.66. The van der Waals surface area contributed by atoms with Crippen LogP contribution in [-0.4, -0.2) is 29.3 Å². The van der Waals surface area contributed by atoms with Gasteiger partial charge in [-0.15, -0.1) is 0 Å². The van der Waals surface area contributed by atoms with Crippen molar-refractivity contribution < 1.29 is 9.53 Å². The number of ether oxygens (including phenoxy) is 1. The monoisotopic (exact) mass is 244 g/mol. The standard InChI is InChI=1S/C11H17ClN2O2/c1-3-6-14-11(9(12)8-13-14)10(15)5-4-7-16-2/h8H,3-7H2,1-2H3. The number of methoxy groups -OCH3 is 1. The van der Waals surface area contributed by atoms with Gasteiger partial charge in [-0.2, -0.15) is 5.10 Å². The van der Waals surface area contributed by atoms with Crippen molar-refractivity contribution in [1.82, 2.24) is 9.78 Å². The fraction of sp³-hybridized carbons (Fsp3) is 0.636. The summed E-state index contributed by atoms with van der Waals surface area (Å²) in [6.07, 6.45) is 3.61. The van der Waals surface area contributed by atoms with Gasteiger partial charge in [-0.1, -0.05) is 18.5 Å². The van der Waals surface area contributed by atoms with Crippen molar-refractivity contribution in [3.05, 3.63) is 16.9 Å². The Morgan fingerprint density at radius 2 is 2.38 bits per heavy atom. The molecule has 1 aromatic rings. The van der Waals surface area contributed by atoms with Gasteiger partial charge in [0.1, 0.15) is 5.69 Å². The fourth-order valence-corrected chi connectivity index (χ4v) is 1.76. The van der Waals surface area contributed by atoms with Crippen LogP contribution in [0.3, 0.4) is 0 Å². The molecule has 0 fully saturated rings. The van der Waals surface area contributed by atoms with Gasteiger partial charge in [-0.3, -0.25) is 9.48 Å². The van der Waals surface area contributed by atoms with Crippen molar-refractivity contribution in [2.24, 2.45) is 0 Å². The maximum absolute atomic E-state index is 11.9. The topological polar surface area (TPSA) is 44.1 Å². The second-order valence-electron chi connectivity index (χ2n) is 3.58. The van der Waals surface area contributed by atoms with Gasteiger partial charge in [-0.25, -0.2) is 0 Å². The summed E-state index contributed by atoms with van der Waals surface area (Å²) in [6, 6.07) is 0. The van der Waals surface area contributed by atoms with Gasteiger partial charge >= 0.3 is 0 Å². The van der Waals surface area contributed by atoms with Gasteiger partial charge in [0.25, 0.3) is 0 Å². The Labute approximate surface area is 101 Å². The van der Waals surface area contributed by atoms with E-state index in [0.717, 1.165) is 13.0 Å². The van der Waals surface area contributed by atoms with E-state index in [1.54, 1.807) is 11.8 Å². The minimum atomic E-state index is 0.0352. The first kappa shape index (κ1) is 13.2. The Bertz CT molecular complexity index is 350. The van der Waals surface area contributed by atoms with Crippen LogP contribution < -0.4 is 0 Å². The molecule has 0 bridgehead atoms. The predicted molar refractivity (Wildman–Crippen MR) is 63.0 cm³/mol. The third kappa shape index (κ3) is 3.32. The highest BCUT2D eigenvalue weighted by atomic mass is 35.5. The average Bonchev–Trinajstić information content (AvgIpc) is 2.61. The summed E-state index contributed by atoms with van der Waals surface area (Å²) in [6.45, 7) is 3.35. The molecule has 0 amide bonds. The van der Waals surface area contributed by atoms with Crippen LogP contribution in [0.1, 0.15) is 36.7 Å². The van der Waals surface area contributed by atoms with Crippen molar-refractivity contribution in [3.8, 4) is 0 Å². The molecule has 90 valence electrons. The normalized spacial score (nSPS) is 10.7. The largest absolute Gasteiger partial charge is 0.385 e. The van der Waals surface area contributed by atoms with Crippen molar-refractivity contribution in [2.45, 2.75) is 32.7 Å². The third-order valence-corrected chi connectivity index (χ3v) is 2.52. The molecule has 0 aliphatic heterocycles. The van der Waals surface area contributed by atoms with Gasteiger partial charge in [0.15, 0.2) is 5.78 Å². The number of nitrogens with zero attached hydrogens (tertiary/aromatic N) is 2. The molecule has 16 heavy (non-hydrogen) atoms. The highest BCUT2D eigenvalue weighted by molar-refractivity contribution is 6.33. The molecule has 0 aliphatic rings. The van der Waals surface area contributed by atoms with Crippen molar-refractivity contribution in [3.63, 3.8) is 0 Å². The molecule has 5 heteroatoms. The molecule has 0 aromatic carbocycles. The van der Waals surface area contributed by atoms with E-state index in [4.69, 9.17) is 16.3 Å². The molecule has 1 rings (SSSR count). The molecule has 0 N–H and O–H groups in total. The van der Waals surface area contributed by atoms with E-state index in [1.165, 1.54) is 6.20 Å². The van der Waals surface area contributed by atoms with Crippen molar-refractivity contribution in [1.29, 1.82) is 0 Å². The Kier molecular flexibility index (Phi) is 5.49. The highest BCUT2D eigenvalue weighted by Crippen LogP contribution is 2.18. The molecule has 0 spiro atoms. The maximum Gasteiger partial charge on any atom is 0.182 e. The molecule has 0 unspecified atom stereocenters. The minimum absolute atomic E-state index is 0.0352. The number of carbonyl (C=O) groups is 1. The molecular formula is C11H17ClN2O2. The van der Waals surface area contributed by atoms with Crippen LogP contribution in [0.4, 0.5) is 0 Å². The Hall–Kier alpha value is -0.870. The molecular weight excluding hydrogens is 228 g/mol. The van der Waals surface area contributed by atoms with Crippen LogP contribution >= 0.6 is 11.6 Å². The number of Topliss-reactive ketones (excluding diaryl/α,β-unsaturated/α-hetero) is 1. The van der Waals surface area contributed by atoms with Crippen LogP contribution in [0.25, 0.3) is 0 Å². The smallest absolute Gasteiger partial charge is 0.182 e. The first-order valence-corrected chi connectivity index (χ1v) is 5.82. The van der Waals surface area contributed by atoms with Gasteiger partial charge in [0.2, 0.25) is 0 Å². The summed E-state index contributed by atoms with van der Waals surface area (Å²) in [7, 11) is 1.62. The SMILES string of the molecule is CCCn1ncc(Cl)c1C(=O)CCCOC. The van der Waals surface area contributed by atoms with Gasteiger partial charge in [0, 0.05) is 26.7 Å². The van der Waals surface area contributed by atoms with E-state index in [9.17, 15) is 4.79 Å². The van der Waals surface area contributed by atoms with E-state index >= 15 is 0 Å². The zero-order chi connectivity index (χ0) is 12.0. The summed E-state index contributed by atoms with van der Waals surface area (Å²) >= 11 is 5.95. The van der Waals surface area contributed by atoms with Crippen molar-refractivity contribution >= 4 is 17.4 Å². The molecule has 0 radical (unpaired) electrons. The molecule has 0 atom stereocenters. The summed E-state index contributed by atoms with van der Waals surface area (Å²) in [4.78, 5) is 11.9. The first-order chi connectivity index (χ1) is 7.70. The van der Waals surface area contributed by atoms with E-state index < -0.39 is 0 Å². The number of hydrogen-bond donors (Lipinski definition) is 0. The molecule has 0 saturated heterocycles. The number of aryl methyl sites for hydroxylation is 1. The molecule has 1 aromatic heterocycles. The minimum Gasteiger partial charge on any atom is -0.385 e. The predicted octanol–water partition coefficient (Wildman–Crippen LogP) is 2.56. The number of ketones is 1. The number of carbonyl (C=O) groups excluding carboxylic acids is 1. The summed E-state index contributed by atoms with van der Waals surface area (Å²) < 4.78 is 6.59. The van der Waals surface area contributed by atoms with Crippen LogP contribution in [0.15, 0.2) is 6.20 Å². The number of hydrogen-bond acceptors (Lipinski definition) is 3. The van der Waals surface area contributed by atoms with Crippen LogP contribution in [0.5, 0.6) is 0 Å². The van der Waals surface area contributed by atoms with Crippen LogP contribution in [-0.2, 0) is 11.3 Å². The number of aromatic nitrogens is 2. The van der Waals surface area contributed by atoms with E-state index in [-0.39, 0.29) is 5.78 Å². The number of halogens is 1. The lowest BCUT2D eigenvalue weighted by Gasteiger charge is -2.05. The fourth-order valence-electron chi connectivity index (χ4n) is 1.52. The average molecular weight is 245 g/mol. The van der Waals surface area contributed by atoms with Crippen molar-refractivity contribution in [2.75, 3.05) is 13.7 Å². The second-order valence-corrected chi connectivity index (χ2v) is 3.99. The van der Waals surface area contributed by atoms with Crippen LogP contribution in [0, 0.1) is 0 Å². The van der Waals surface area contributed by atoms with E-state index in [0.29, 0.717) is 30.2 Å². The van der Waals surface area contributed by atoms with Gasteiger partial charge < -0.3 is 4.74 Å². The van der Waals surface area contributed by atoms with Gasteiger partial charge in [-0.05, 0) is 12.8 Å². The molecule has 0 saturated carbocycles. The molecule has 4 nitrogen and oxygen atoms in total. The highest BCUT2D eigenvalue weighted by Gasteiger charge is 2.16. The summed E-state index contributed by atoms with van der Waals surface area (Å²) in [5, 5.41) is 4.53. The lowest BCUT2D eigenvalue weighted by molar-refractivity contribution is 0.0953. The summed E-state index contributed by atoms with van der Waals surface area (Å²) in [5.74, 6) is 0.0352.